The van der Waals surface area contributed by atoms with Gasteiger partial charge < -0.3 is 19.3 Å². The van der Waals surface area contributed by atoms with Gasteiger partial charge in [0.1, 0.15) is 11.5 Å². The fraction of sp³-hybridized carbons (Fsp3) is 0.250. The van der Waals surface area contributed by atoms with Gasteiger partial charge in [-0.15, -0.1) is 0 Å². The minimum atomic E-state index is -0.0717. The van der Waals surface area contributed by atoms with E-state index in [1.54, 1.807) is 48.3 Å². The van der Waals surface area contributed by atoms with E-state index in [1.165, 1.54) is 0 Å². The van der Waals surface area contributed by atoms with Crippen molar-refractivity contribution in [1.82, 2.24) is 9.80 Å². The summed E-state index contributed by atoms with van der Waals surface area (Å²) in [4.78, 5) is 28.5. The zero-order chi connectivity index (χ0) is 21.3. The Kier molecular flexibility index (Phi) is 7.27. The fourth-order valence-corrected chi connectivity index (χ4v) is 3.29. The zero-order valence-electron chi connectivity index (χ0n) is 17.3. The highest BCUT2D eigenvalue weighted by atomic mass is 16.5. The number of para-hydroxylation sites is 2. The van der Waals surface area contributed by atoms with Crippen LogP contribution in [0.3, 0.4) is 0 Å². The Morgan fingerprint density at radius 1 is 0.700 bits per heavy atom. The largest absolute Gasteiger partial charge is 0.496 e. The highest BCUT2D eigenvalue weighted by Crippen LogP contribution is 2.20. The lowest BCUT2D eigenvalue weighted by molar-refractivity contribution is -0.133. The third-order valence-corrected chi connectivity index (χ3v) is 4.99. The Morgan fingerprint density at radius 3 is 1.43 bits per heavy atom. The standard InChI is InChI=1S/C24H26N2O4/c1-29-21-9-5-3-7-19(21)11-13-23(27)25-15-17-26(18-16-25)24(28)14-12-20-8-4-6-10-22(20)30-2/h3-14H,15-18H2,1-2H3/b13-11+,14-12+. The lowest BCUT2D eigenvalue weighted by Gasteiger charge is -2.33. The van der Waals surface area contributed by atoms with Gasteiger partial charge in [0.25, 0.3) is 0 Å². The first-order valence-corrected chi connectivity index (χ1v) is 9.82. The number of ether oxygens (including phenoxy) is 2. The molecule has 2 aromatic rings. The van der Waals surface area contributed by atoms with Gasteiger partial charge >= 0.3 is 0 Å². The van der Waals surface area contributed by atoms with Gasteiger partial charge in [-0.25, -0.2) is 0 Å². The van der Waals surface area contributed by atoms with Crippen molar-refractivity contribution in [2.45, 2.75) is 0 Å². The summed E-state index contributed by atoms with van der Waals surface area (Å²) < 4.78 is 10.6. The summed E-state index contributed by atoms with van der Waals surface area (Å²) >= 11 is 0. The lowest BCUT2D eigenvalue weighted by Crippen LogP contribution is -2.49. The number of carbonyl (C=O) groups is 2. The van der Waals surface area contributed by atoms with Crippen LogP contribution in [-0.2, 0) is 9.59 Å². The van der Waals surface area contributed by atoms with Crippen LogP contribution in [-0.4, -0.2) is 62.0 Å². The van der Waals surface area contributed by atoms with Crippen molar-refractivity contribution in [2.24, 2.45) is 0 Å². The molecule has 1 fully saturated rings. The quantitative estimate of drug-likeness (QED) is 0.692. The van der Waals surface area contributed by atoms with Gasteiger partial charge in [-0.2, -0.15) is 0 Å². The zero-order valence-corrected chi connectivity index (χ0v) is 17.3. The number of piperazine rings is 1. The Labute approximate surface area is 177 Å². The third kappa shape index (κ3) is 5.29. The monoisotopic (exact) mass is 406 g/mol. The third-order valence-electron chi connectivity index (χ3n) is 4.99. The molecule has 0 aliphatic carbocycles. The molecule has 0 saturated carbocycles. The first-order valence-electron chi connectivity index (χ1n) is 9.82. The molecular weight excluding hydrogens is 380 g/mol. The van der Waals surface area contributed by atoms with Crippen LogP contribution in [0.1, 0.15) is 11.1 Å². The second-order valence-electron chi connectivity index (χ2n) is 6.80. The van der Waals surface area contributed by atoms with Crippen LogP contribution in [0.5, 0.6) is 11.5 Å². The lowest BCUT2D eigenvalue weighted by atomic mass is 10.1. The molecule has 0 aromatic heterocycles. The normalized spacial score (nSPS) is 14.3. The summed E-state index contributed by atoms with van der Waals surface area (Å²) in [5.74, 6) is 1.30. The molecule has 1 aliphatic rings. The maximum Gasteiger partial charge on any atom is 0.246 e. The molecule has 1 aliphatic heterocycles. The first-order chi connectivity index (χ1) is 14.6. The van der Waals surface area contributed by atoms with E-state index in [1.807, 2.05) is 48.5 Å². The van der Waals surface area contributed by atoms with E-state index in [0.29, 0.717) is 26.2 Å². The minimum Gasteiger partial charge on any atom is -0.496 e. The number of rotatable bonds is 6. The topological polar surface area (TPSA) is 59.1 Å². The molecule has 1 saturated heterocycles. The van der Waals surface area contributed by atoms with Gasteiger partial charge in [-0.3, -0.25) is 9.59 Å². The van der Waals surface area contributed by atoms with Crippen LogP contribution in [0, 0.1) is 0 Å². The van der Waals surface area contributed by atoms with Crippen molar-refractivity contribution in [3.05, 3.63) is 71.8 Å². The van der Waals surface area contributed by atoms with Crippen molar-refractivity contribution in [1.29, 1.82) is 0 Å². The number of nitrogens with zero attached hydrogens (tertiary/aromatic N) is 2. The molecule has 3 rings (SSSR count). The molecule has 0 unspecified atom stereocenters. The summed E-state index contributed by atoms with van der Waals surface area (Å²) in [6.07, 6.45) is 6.62. The first kappa shape index (κ1) is 21.2. The Morgan fingerprint density at radius 2 is 1.07 bits per heavy atom. The van der Waals surface area contributed by atoms with E-state index in [2.05, 4.69) is 0 Å². The minimum absolute atomic E-state index is 0.0717. The second-order valence-corrected chi connectivity index (χ2v) is 6.80. The van der Waals surface area contributed by atoms with Crippen molar-refractivity contribution in [3.63, 3.8) is 0 Å². The molecular formula is C24H26N2O4. The molecule has 30 heavy (non-hydrogen) atoms. The molecule has 0 radical (unpaired) electrons. The van der Waals surface area contributed by atoms with Crippen LogP contribution < -0.4 is 9.47 Å². The predicted octanol–water partition coefficient (Wildman–Crippen LogP) is 3.10. The maximum absolute atomic E-state index is 12.5. The summed E-state index contributed by atoms with van der Waals surface area (Å²) in [5.41, 5.74) is 1.70. The number of carbonyl (C=O) groups excluding carboxylic acids is 2. The Hall–Kier alpha value is -3.54. The Balaban J connectivity index is 1.54. The van der Waals surface area contributed by atoms with Gasteiger partial charge in [0, 0.05) is 49.5 Å². The molecule has 156 valence electrons. The SMILES string of the molecule is COc1ccccc1/C=C/C(=O)N1CCN(C(=O)/C=C/c2ccccc2OC)CC1. The summed E-state index contributed by atoms with van der Waals surface area (Å²) in [7, 11) is 3.21. The molecule has 6 nitrogen and oxygen atoms in total. The number of methoxy groups -OCH3 is 2. The van der Waals surface area contributed by atoms with E-state index in [-0.39, 0.29) is 11.8 Å². The number of amides is 2. The van der Waals surface area contributed by atoms with Crippen molar-refractivity contribution in [2.75, 3.05) is 40.4 Å². The van der Waals surface area contributed by atoms with Crippen molar-refractivity contribution < 1.29 is 19.1 Å². The molecule has 0 atom stereocenters. The number of benzene rings is 2. The van der Waals surface area contributed by atoms with Gasteiger partial charge in [-0.05, 0) is 24.3 Å². The average Bonchev–Trinajstić information content (AvgIpc) is 2.81. The molecule has 0 spiro atoms. The second kappa shape index (κ2) is 10.3. The summed E-state index contributed by atoms with van der Waals surface area (Å²) in [5, 5.41) is 0. The molecule has 1 heterocycles. The molecule has 0 bridgehead atoms. The van der Waals surface area contributed by atoms with Crippen molar-refractivity contribution in [3.8, 4) is 11.5 Å². The highest BCUT2D eigenvalue weighted by molar-refractivity contribution is 5.94. The van der Waals surface area contributed by atoms with Gasteiger partial charge in [0.15, 0.2) is 0 Å². The highest BCUT2D eigenvalue weighted by Gasteiger charge is 2.21. The van der Waals surface area contributed by atoms with E-state index < -0.39 is 0 Å². The van der Waals surface area contributed by atoms with Crippen LogP contribution in [0.2, 0.25) is 0 Å². The smallest absolute Gasteiger partial charge is 0.246 e. The predicted molar refractivity (Wildman–Crippen MR) is 117 cm³/mol. The molecule has 2 amide bonds. The van der Waals surface area contributed by atoms with Crippen LogP contribution in [0.4, 0.5) is 0 Å². The molecule has 0 N–H and O–H groups in total. The molecule has 2 aromatic carbocycles. The van der Waals surface area contributed by atoms with E-state index in [4.69, 9.17) is 9.47 Å². The maximum atomic E-state index is 12.5. The Bertz CT molecular complexity index is 866. The fourth-order valence-electron chi connectivity index (χ4n) is 3.29. The van der Waals surface area contributed by atoms with Crippen molar-refractivity contribution >= 4 is 24.0 Å². The van der Waals surface area contributed by atoms with Crippen LogP contribution in [0.25, 0.3) is 12.2 Å². The van der Waals surface area contributed by atoms with E-state index in [9.17, 15) is 9.59 Å². The van der Waals surface area contributed by atoms with E-state index >= 15 is 0 Å². The molecule has 6 heteroatoms. The van der Waals surface area contributed by atoms with Gasteiger partial charge in [0.2, 0.25) is 11.8 Å². The van der Waals surface area contributed by atoms with Crippen LogP contribution >= 0.6 is 0 Å². The summed E-state index contributed by atoms with van der Waals surface area (Å²) in [6.45, 7) is 2.01. The average molecular weight is 406 g/mol. The van der Waals surface area contributed by atoms with E-state index in [0.717, 1.165) is 22.6 Å². The van der Waals surface area contributed by atoms with Gasteiger partial charge in [0.05, 0.1) is 14.2 Å². The van der Waals surface area contributed by atoms with Gasteiger partial charge in [-0.1, -0.05) is 36.4 Å². The number of hydrogen-bond donors (Lipinski definition) is 0. The summed E-state index contributed by atoms with van der Waals surface area (Å²) in [6, 6.07) is 15.1. The van der Waals surface area contributed by atoms with Crippen LogP contribution in [0.15, 0.2) is 60.7 Å². The number of hydrogen-bond acceptors (Lipinski definition) is 4.